The van der Waals surface area contributed by atoms with Crippen LogP contribution in [0, 0.1) is 6.92 Å². The Labute approximate surface area is 202 Å². The molecule has 7 nitrogen and oxygen atoms in total. The first-order valence-corrected chi connectivity index (χ1v) is 12.4. The lowest BCUT2D eigenvalue weighted by Crippen LogP contribution is -2.32. The number of allylic oxidation sites excluding steroid dienone is 1. The van der Waals surface area contributed by atoms with Crippen molar-refractivity contribution in [2.45, 2.75) is 45.1 Å². The van der Waals surface area contributed by atoms with Crippen LogP contribution >= 0.6 is 11.3 Å². The van der Waals surface area contributed by atoms with E-state index in [0.29, 0.717) is 35.3 Å². The number of nitrogens with zero attached hydrogens (tertiary/aromatic N) is 4. The van der Waals surface area contributed by atoms with Crippen molar-refractivity contribution in [1.29, 1.82) is 0 Å². The van der Waals surface area contributed by atoms with Crippen molar-refractivity contribution < 1.29 is 9.21 Å². The summed E-state index contributed by atoms with van der Waals surface area (Å²) >= 11 is 1.62. The van der Waals surface area contributed by atoms with Crippen LogP contribution in [0.2, 0.25) is 0 Å². The fraction of sp³-hybridized carbons (Fsp3) is 0.308. The van der Waals surface area contributed by atoms with E-state index in [0.717, 1.165) is 30.0 Å². The molecule has 1 saturated heterocycles. The normalized spacial score (nSPS) is 18.9. The fourth-order valence-electron chi connectivity index (χ4n) is 4.42. The molecule has 4 heterocycles. The molecule has 0 radical (unpaired) electrons. The second-order valence-corrected chi connectivity index (χ2v) is 9.72. The average molecular weight is 474 g/mol. The van der Waals surface area contributed by atoms with Gasteiger partial charge in [-0.3, -0.25) is 4.79 Å². The molecule has 2 aromatic heterocycles. The summed E-state index contributed by atoms with van der Waals surface area (Å²) in [6, 6.07) is 10.2. The molecule has 174 valence electrons. The van der Waals surface area contributed by atoms with Gasteiger partial charge in [0.15, 0.2) is 0 Å². The van der Waals surface area contributed by atoms with Gasteiger partial charge in [0.2, 0.25) is 5.89 Å². The molecule has 0 aliphatic carbocycles. The van der Waals surface area contributed by atoms with Crippen LogP contribution in [0.3, 0.4) is 0 Å². The van der Waals surface area contributed by atoms with E-state index in [1.807, 2.05) is 35.4 Å². The van der Waals surface area contributed by atoms with Crippen molar-refractivity contribution in [1.82, 2.24) is 25.4 Å². The Morgan fingerprint density at radius 1 is 1.29 bits per heavy atom. The summed E-state index contributed by atoms with van der Waals surface area (Å²) in [5.74, 6) is 0.948. The van der Waals surface area contributed by atoms with Gasteiger partial charge in [0, 0.05) is 34.8 Å². The largest absolute Gasteiger partial charge is 0.419 e. The number of likely N-dealkylation sites (tertiary alicyclic amines) is 1. The van der Waals surface area contributed by atoms with E-state index < -0.39 is 0 Å². The van der Waals surface area contributed by atoms with Crippen molar-refractivity contribution in [3.05, 3.63) is 93.8 Å². The predicted octanol–water partition coefficient (Wildman–Crippen LogP) is 4.93. The molecule has 1 aromatic carbocycles. The number of amides is 1. The van der Waals surface area contributed by atoms with Gasteiger partial charge < -0.3 is 14.6 Å². The van der Waals surface area contributed by atoms with E-state index in [1.165, 1.54) is 5.56 Å². The minimum atomic E-state index is -0.0345. The van der Waals surface area contributed by atoms with Gasteiger partial charge in [0.05, 0.1) is 6.04 Å². The fourth-order valence-corrected chi connectivity index (χ4v) is 5.37. The summed E-state index contributed by atoms with van der Waals surface area (Å²) < 4.78 is 6.00. The van der Waals surface area contributed by atoms with Gasteiger partial charge in [0.1, 0.15) is 10.7 Å². The van der Waals surface area contributed by atoms with Gasteiger partial charge in [-0.05, 0) is 43.9 Å². The number of hydrogen-bond donors (Lipinski definition) is 1. The highest BCUT2D eigenvalue weighted by Gasteiger charge is 2.34. The van der Waals surface area contributed by atoms with Gasteiger partial charge in [-0.1, -0.05) is 43.8 Å². The molecule has 2 atom stereocenters. The first kappa shape index (κ1) is 22.3. The van der Waals surface area contributed by atoms with Gasteiger partial charge >= 0.3 is 0 Å². The molecule has 1 fully saturated rings. The SMILES string of the molecule is C=C1C=C(C(=O)N2CCCC2c2nc(C)cs2)C=C(c2nnc(C(C)Cc3ccccc3)o2)N1. The smallest absolute Gasteiger partial charge is 0.264 e. The number of carbonyl (C=O) groups excluding carboxylic acids is 1. The van der Waals surface area contributed by atoms with E-state index in [2.05, 4.69) is 46.1 Å². The molecular weight excluding hydrogens is 446 g/mol. The monoisotopic (exact) mass is 473 g/mol. The van der Waals surface area contributed by atoms with E-state index in [4.69, 9.17) is 4.42 Å². The second-order valence-electron chi connectivity index (χ2n) is 8.83. The summed E-state index contributed by atoms with van der Waals surface area (Å²) in [5, 5.41) is 14.7. The molecule has 8 heteroatoms. The zero-order chi connectivity index (χ0) is 23.7. The molecular formula is C26H27N5O2S. The number of aromatic nitrogens is 3. The van der Waals surface area contributed by atoms with Gasteiger partial charge in [-0.2, -0.15) is 0 Å². The summed E-state index contributed by atoms with van der Waals surface area (Å²) in [6.07, 6.45) is 6.23. The highest BCUT2D eigenvalue weighted by atomic mass is 32.1. The van der Waals surface area contributed by atoms with Crippen LogP contribution in [0.25, 0.3) is 5.70 Å². The van der Waals surface area contributed by atoms with Gasteiger partial charge in [-0.15, -0.1) is 21.5 Å². The number of rotatable bonds is 6. The average Bonchev–Trinajstić information content (AvgIpc) is 3.59. The van der Waals surface area contributed by atoms with E-state index in [-0.39, 0.29) is 17.9 Å². The maximum atomic E-state index is 13.5. The van der Waals surface area contributed by atoms with Crippen LogP contribution in [0.5, 0.6) is 0 Å². The third-order valence-electron chi connectivity index (χ3n) is 6.08. The van der Waals surface area contributed by atoms with Crippen molar-refractivity contribution in [2.24, 2.45) is 0 Å². The second kappa shape index (κ2) is 9.38. The number of benzene rings is 1. The van der Waals surface area contributed by atoms with Gasteiger partial charge in [-0.25, -0.2) is 4.98 Å². The first-order chi connectivity index (χ1) is 16.5. The van der Waals surface area contributed by atoms with E-state index in [1.54, 1.807) is 23.5 Å². The number of nitrogens with one attached hydrogen (secondary N) is 1. The molecule has 2 aliphatic heterocycles. The lowest BCUT2D eigenvalue weighted by molar-refractivity contribution is -0.127. The number of dihydropyridines is 1. The number of aryl methyl sites for hydroxylation is 1. The van der Waals surface area contributed by atoms with Crippen molar-refractivity contribution in [2.75, 3.05) is 6.54 Å². The highest BCUT2D eigenvalue weighted by molar-refractivity contribution is 7.09. The predicted molar refractivity (Wildman–Crippen MR) is 132 cm³/mol. The first-order valence-electron chi connectivity index (χ1n) is 11.5. The zero-order valence-corrected chi connectivity index (χ0v) is 20.1. The van der Waals surface area contributed by atoms with Gasteiger partial charge in [0.25, 0.3) is 11.8 Å². The van der Waals surface area contributed by atoms with Crippen LogP contribution < -0.4 is 5.32 Å². The maximum Gasteiger partial charge on any atom is 0.264 e. The maximum absolute atomic E-state index is 13.5. The Kier molecular flexibility index (Phi) is 6.15. The number of carbonyl (C=O) groups is 1. The van der Waals surface area contributed by atoms with Crippen molar-refractivity contribution >= 4 is 22.9 Å². The molecule has 0 saturated carbocycles. The van der Waals surface area contributed by atoms with Crippen LogP contribution in [0.1, 0.15) is 59.8 Å². The standard InChI is InChI=1S/C26H27N5O2S/c1-16(12-19-8-5-4-6-9-19)23-29-30-24(33-23)21-14-20(13-17(2)27-21)26(32)31-11-7-10-22(31)25-28-18(3)15-34-25/h4-6,8-9,13-16,22,27H,2,7,10-12H2,1,3H3. The molecule has 2 unspecified atom stereocenters. The summed E-state index contributed by atoms with van der Waals surface area (Å²) in [7, 11) is 0. The Balaban J connectivity index is 1.34. The molecule has 3 aromatic rings. The molecule has 5 rings (SSSR count). The summed E-state index contributed by atoms with van der Waals surface area (Å²) in [5.41, 5.74) is 3.95. The molecule has 0 bridgehead atoms. The third-order valence-corrected chi connectivity index (χ3v) is 7.15. The Hall–Kier alpha value is -3.52. The molecule has 34 heavy (non-hydrogen) atoms. The minimum absolute atomic E-state index is 0.0148. The van der Waals surface area contributed by atoms with Crippen molar-refractivity contribution in [3.8, 4) is 0 Å². The lowest BCUT2D eigenvalue weighted by Gasteiger charge is -2.25. The van der Waals surface area contributed by atoms with Crippen LogP contribution in [0.15, 0.2) is 70.1 Å². The third kappa shape index (κ3) is 4.59. The quantitative estimate of drug-likeness (QED) is 0.547. The highest BCUT2D eigenvalue weighted by Crippen LogP contribution is 2.35. The molecule has 0 spiro atoms. The summed E-state index contributed by atoms with van der Waals surface area (Å²) in [6.45, 7) is 8.79. The summed E-state index contributed by atoms with van der Waals surface area (Å²) in [4.78, 5) is 20.0. The zero-order valence-electron chi connectivity index (χ0n) is 19.3. The van der Waals surface area contributed by atoms with Crippen LogP contribution in [-0.2, 0) is 11.2 Å². The Bertz CT molecular complexity index is 1270. The lowest BCUT2D eigenvalue weighted by atomic mass is 10.0. The van der Waals surface area contributed by atoms with E-state index in [9.17, 15) is 4.79 Å². The number of thiazole rings is 1. The Morgan fingerprint density at radius 3 is 2.88 bits per heavy atom. The minimum Gasteiger partial charge on any atom is -0.419 e. The Morgan fingerprint density at radius 2 is 2.12 bits per heavy atom. The van der Waals surface area contributed by atoms with Crippen LogP contribution in [0.4, 0.5) is 0 Å². The molecule has 1 N–H and O–H groups in total. The van der Waals surface area contributed by atoms with E-state index >= 15 is 0 Å². The molecule has 1 amide bonds. The van der Waals surface area contributed by atoms with Crippen molar-refractivity contribution in [3.63, 3.8) is 0 Å². The molecule has 2 aliphatic rings. The van der Waals surface area contributed by atoms with Crippen LogP contribution in [-0.4, -0.2) is 32.5 Å². The topological polar surface area (TPSA) is 84.2 Å². The number of hydrogen-bond acceptors (Lipinski definition) is 7.